The SMILES string of the molecule is COc1ccc(C2=C(O)C(=O)N(Cc3ccco3)[C@@H]2c2ccc(F)cc2)cc1. The van der Waals surface area contributed by atoms with Crippen LogP contribution in [0.2, 0.25) is 0 Å². The Labute approximate surface area is 161 Å². The molecule has 2 heterocycles. The molecule has 1 aromatic heterocycles. The first-order valence-corrected chi connectivity index (χ1v) is 8.75. The lowest BCUT2D eigenvalue weighted by molar-refractivity contribution is -0.130. The van der Waals surface area contributed by atoms with Gasteiger partial charge in [0.1, 0.15) is 17.3 Å². The summed E-state index contributed by atoms with van der Waals surface area (Å²) in [7, 11) is 1.57. The second kappa shape index (κ2) is 7.23. The molecule has 0 radical (unpaired) electrons. The van der Waals surface area contributed by atoms with Gasteiger partial charge in [0.15, 0.2) is 5.76 Å². The highest BCUT2D eigenvalue weighted by atomic mass is 19.1. The molecule has 0 saturated heterocycles. The van der Waals surface area contributed by atoms with Crippen LogP contribution in [0.25, 0.3) is 5.57 Å². The van der Waals surface area contributed by atoms with Crippen LogP contribution in [0.3, 0.4) is 0 Å². The number of benzene rings is 2. The Hall–Kier alpha value is -3.54. The van der Waals surface area contributed by atoms with Gasteiger partial charge in [-0.05, 0) is 47.5 Å². The lowest BCUT2D eigenvalue weighted by Crippen LogP contribution is -2.29. The number of hydrogen-bond donors (Lipinski definition) is 1. The zero-order chi connectivity index (χ0) is 19.7. The van der Waals surface area contributed by atoms with E-state index in [4.69, 9.17) is 9.15 Å². The third kappa shape index (κ3) is 3.13. The van der Waals surface area contributed by atoms with Crippen molar-refractivity contribution in [3.05, 3.63) is 95.4 Å². The standard InChI is InChI=1S/C22H18FNO4/c1-27-17-10-6-14(7-11-17)19-20(15-4-8-16(23)9-5-15)24(22(26)21(19)25)13-18-3-2-12-28-18/h2-12,20,25H,13H2,1H3/t20-/m1/s1. The van der Waals surface area contributed by atoms with E-state index in [-0.39, 0.29) is 18.1 Å². The van der Waals surface area contributed by atoms with Crippen LogP contribution in [0.4, 0.5) is 4.39 Å². The first-order valence-electron chi connectivity index (χ1n) is 8.75. The average molecular weight is 379 g/mol. The van der Waals surface area contributed by atoms with Crippen molar-refractivity contribution < 1.29 is 23.4 Å². The van der Waals surface area contributed by atoms with Gasteiger partial charge in [0.05, 0.1) is 26.0 Å². The van der Waals surface area contributed by atoms with Crippen LogP contribution in [-0.4, -0.2) is 23.0 Å². The van der Waals surface area contributed by atoms with Crippen LogP contribution in [0.5, 0.6) is 5.75 Å². The largest absolute Gasteiger partial charge is 0.503 e. The number of rotatable bonds is 5. The highest BCUT2D eigenvalue weighted by Crippen LogP contribution is 2.44. The van der Waals surface area contributed by atoms with Gasteiger partial charge in [-0.25, -0.2) is 4.39 Å². The van der Waals surface area contributed by atoms with Crippen LogP contribution in [0.15, 0.2) is 77.1 Å². The van der Waals surface area contributed by atoms with E-state index >= 15 is 0 Å². The maximum atomic E-state index is 13.5. The number of furan rings is 1. The second-order valence-corrected chi connectivity index (χ2v) is 6.46. The van der Waals surface area contributed by atoms with E-state index in [2.05, 4.69) is 0 Å². The number of amides is 1. The second-order valence-electron chi connectivity index (χ2n) is 6.46. The number of hydrogen-bond acceptors (Lipinski definition) is 4. The van der Waals surface area contributed by atoms with E-state index in [0.29, 0.717) is 28.2 Å². The summed E-state index contributed by atoms with van der Waals surface area (Å²) in [5.74, 6) is 0.0515. The third-order valence-corrected chi connectivity index (χ3v) is 4.80. The molecule has 0 saturated carbocycles. The Morgan fingerprint density at radius 3 is 2.43 bits per heavy atom. The minimum Gasteiger partial charge on any atom is -0.503 e. The fourth-order valence-electron chi connectivity index (χ4n) is 3.44. The van der Waals surface area contributed by atoms with Gasteiger partial charge in [0.2, 0.25) is 0 Å². The molecule has 0 fully saturated rings. The van der Waals surface area contributed by atoms with E-state index in [9.17, 15) is 14.3 Å². The van der Waals surface area contributed by atoms with Gasteiger partial charge in [0.25, 0.3) is 5.91 Å². The number of halogens is 1. The third-order valence-electron chi connectivity index (χ3n) is 4.80. The molecule has 0 unspecified atom stereocenters. The Kier molecular flexibility index (Phi) is 4.61. The Balaban J connectivity index is 1.80. The van der Waals surface area contributed by atoms with Crippen molar-refractivity contribution in [3.8, 4) is 5.75 Å². The van der Waals surface area contributed by atoms with Gasteiger partial charge in [-0.3, -0.25) is 4.79 Å². The fourth-order valence-corrected chi connectivity index (χ4v) is 3.44. The average Bonchev–Trinajstić information content (AvgIpc) is 3.31. The number of carbonyl (C=O) groups excluding carboxylic acids is 1. The molecule has 4 rings (SSSR count). The van der Waals surface area contributed by atoms with Crippen molar-refractivity contribution >= 4 is 11.5 Å². The molecule has 1 aliphatic rings. The predicted octanol–water partition coefficient (Wildman–Crippen LogP) is 4.48. The molecule has 142 valence electrons. The molecule has 1 N–H and O–H groups in total. The van der Waals surface area contributed by atoms with Crippen molar-refractivity contribution in [2.24, 2.45) is 0 Å². The van der Waals surface area contributed by atoms with E-state index in [1.165, 1.54) is 23.3 Å². The predicted molar refractivity (Wildman–Crippen MR) is 101 cm³/mol. The number of carbonyl (C=O) groups is 1. The number of ether oxygens (including phenoxy) is 1. The quantitative estimate of drug-likeness (QED) is 0.710. The normalized spacial score (nSPS) is 16.7. The van der Waals surface area contributed by atoms with Gasteiger partial charge in [0, 0.05) is 5.57 Å². The van der Waals surface area contributed by atoms with Gasteiger partial charge < -0.3 is 19.2 Å². The smallest absolute Gasteiger partial charge is 0.290 e. The summed E-state index contributed by atoms with van der Waals surface area (Å²) in [4.78, 5) is 14.4. The molecule has 0 spiro atoms. The van der Waals surface area contributed by atoms with Crippen LogP contribution >= 0.6 is 0 Å². The fraction of sp³-hybridized carbons (Fsp3) is 0.136. The summed E-state index contributed by atoms with van der Waals surface area (Å²) in [6.45, 7) is 0.178. The van der Waals surface area contributed by atoms with Crippen molar-refractivity contribution in [1.29, 1.82) is 0 Å². The Bertz CT molecular complexity index is 1010. The molecule has 1 atom stereocenters. The summed E-state index contributed by atoms with van der Waals surface area (Å²) in [6.07, 6.45) is 1.53. The molecule has 0 aliphatic carbocycles. The van der Waals surface area contributed by atoms with Crippen LogP contribution in [-0.2, 0) is 11.3 Å². The summed E-state index contributed by atoms with van der Waals surface area (Å²) in [5, 5.41) is 10.7. The van der Waals surface area contributed by atoms with Gasteiger partial charge in [-0.15, -0.1) is 0 Å². The Morgan fingerprint density at radius 1 is 1.11 bits per heavy atom. The zero-order valence-corrected chi connectivity index (χ0v) is 15.1. The number of methoxy groups -OCH3 is 1. The van der Waals surface area contributed by atoms with E-state index in [0.717, 1.165) is 0 Å². The monoisotopic (exact) mass is 379 g/mol. The minimum atomic E-state index is -0.577. The highest BCUT2D eigenvalue weighted by molar-refractivity contribution is 6.05. The van der Waals surface area contributed by atoms with Crippen molar-refractivity contribution in [2.75, 3.05) is 7.11 Å². The first kappa shape index (κ1) is 17.9. The molecule has 28 heavy (non-hydrogen) atoms. The molecule has 0 bridgehead atoms. The highest BCUT2D eigenvalue weighted by Gasteiger charge is 2.41. The van der Waals surface area contributed by atoms with Gasteiger partial charge in [-0.1, -0.05) is 24.3 Å². The molecular weight excluding hydrogens is 361 g/mol. The van der Waals surface area contributed by atoms with Crippen LogP contribution in [0.1, 0.15) is 22.9 Å². The van der Waals surface area contributed by atoms with Crippen LogP contribution in [0, 0.1) is 5.82 Å². The summed E-state index contributed by atoms with van der Waals surface area (Å²) >= 11 is 0. The minimum absolute atomic E-state index is 0.178. The lowest BCUT2D eigenvalue weighted by Gasteiger charge is -2.26. The summed E-state index contributed by atoms with van der Waals surface area (Å²) < 4.78 is 24.0. The van der Waals surface area contributed by atoms with Gasteiger partial charge in [-0.2, -0.15) is 0 Å². The van der Waals surface area contributed by atoms with Crippen molar-refractivity contribution in [3.63, 3.8) is 0 Å². The number of aliphatic hydroxyl groups is 1. The number of nitrogens with zero attached hydrogens (tertiary/aromatic N) is 1. The van der Waals surface area contributed by atoms with Crippen LogP contribution < -0.4 is 4.74 Å². The Morgan fingerprint density at radius 2 is 1.82 bits per heavy atom. The first-order chi connectivity index (χ1) is 13.6. The molecule has 6 heteroatoms. The molecule has 1 aliphatic heterocycles. The topological polar surface area (TPSA) is 62.9 Å². The van der Waals surface area contributed by atoms with E-state index in [1.807, 2.05) is 0 Å². The van der Waals surface area contributed by atoms with Gasteiger partial charge >= 0.3 is 0 Å². The maximum absolute atomic E-state index is 13.5. The molecule has 3 aromatic rings. The number of aliphatic hydroxyl groups excluding tert-OH is 1. The molecule has 2 aromatic carbocycles. The summed E-state index contributed by atoms with van der Waals surface area (Å²) in [6, 6.07) is 15.9. The summed E-state index contributed by atoms with van der Waals surface area (Å²) in [5.41, 5.74) is 1.84. The molecule has 5 nitrogen and oxygen atoms in total. The van der Waals surface area contributed by atoms with Crippen molar-refractivity contribution in [2.45, 2.75) is 12.6 Å². The molecular formula is C22H18FNO4. The maximum Gasteiger partial charge on any atom is 0.290 e. The zero-order valence-electron chi connectivity index (χ0n) is 15.1. The van der Waals surface area contributed by atoms with E-state index < -0.39 is 11.9 Å². The van der Waals surface area contributed by atoms with Crippen molar-refractivity contribution in [1.82, 2.24) is 4.90 Å². The van der Waals surface area contributed by atoms with E-state index in [1.54, 1.807) is 55.6 Å². The lowest BCUT2D eigenvalue weighted by atomic mass is 9.93. The molecule has 1 amide bonds.